The first-order chi connectivity index (χ1) is 15.0. The van der Waals surface area contributed by atoms with Crippen molar-refractivity contribution in [3.8, 4) is 11.5 Å². The molecule has 0 spiro atoms. The van der Waals surface area contributed by atoms with E-state index in [0.717, 1.165) is 21.7 Å². The zero-order chi connectivity index (χ0) is 22.4. The standard InChI is InChI=1S/C21H25N5O5/c1-14-18(15(2)31-24-14)12-25-11-17(9-23-25)26(13-27)21(28)10-22-8-16-5-6-19(29-3)20(7-16)30-4/h5-7,9,11,13,22H,8,10,12H2,1-4H3. The first kappa shape index (κ1) is 22.0. The number of carbonyl (C=O) groups excluding carboxylic acids is 2. The molecule has 0 radical (unpaired) electrons. The zero-order valence-electron chi connectivity index (χ0n) is 17.9. The number of methoxy groups -OCH3 is 2. The molecule has 1 N–H and O–H groups in total. The van der Waals surface area contributed by atoms with Crippen LogP contribution in [0.2, 0.25) is 0 Å². The van der Waals surface area contributed by atoms with Crippen LogP contribution in [0.15, 0.2) is 35.1 Å². The average molecular weight is 427 g/mol. The number of carbonyl (C=O) groups is 2. The van der Waals surface area contributed by atoms with Crippen molar-refractivity contribution < 1.29 is 23.6 Å². The SMILES string of the molecule is COc1ccc(CNCC(=O)N(C=O)c2cnn(Cc3c(C)noc3C)c2)cc1OC. The molecule has 0 saturated carbocycles. The van der Waals surface area contributed by atoms with Gasteiger partial charge in [-0.1, -0.05) is 11.2 Å². The van der Waals surface area contributed by atoms with Crippen molar-refractivity contribution in [2.45, 2.75) is 26.9 Å². The van der Waals surface area contributed by atoms with Gasteiger partial charge in [-0.25, -0.2) is 4.90 Å². The molecule has 10 nitrogen and oxygen atoms in total. The number of rotatable bonds is 10. The molecule has 0 atom stereocenters. The van der Waals surface area contributed by atoms with E-state index in [0.29, 0.717) is 42.4 Å². The molecule has 0 fully saturated rings. The normalized spacial score (nSPS) is 10.7. The van der Waals surface area contributed by atoms with Gasteiger partial charge in [-0.05, 0) is 31.5 Å². The topological polar surface area (TPSA) is 112 Å². The van der Waals surface area contributed by atoms with Crippen LogP contribution in [0.3, 0.4) is 0 Å². The van der Waals surface area contributed by atoms with Gasteiger partial charge in [-0.15, -0.1) is 0 Å². The Labute approximate surface area is 179 Å². The summed E-state index contributed by atoms with van der Waals surface area (Å²) in [4.78, 5) is 25.1. The van der Waals surface area contributed by atoms with Crippen molar-refractivity contribution >= 4 is 18.0 Å². The summed E-state index contributed by atoms with van der Waals surface area (Å²) in [6.07, 6.45) is 3.59. The van der Waals surface area contributed by atoms with Gasteiger partial charge in [0.2, 0.25) is 12.3 Å². The number of ether oxygens (including phenoxy) is 2. The van der Waals surface area contributed by atoms with Crippen molar-refractivity contribution in [3.63, 3.8) is 0 Å². The van der Waals surface area contributed by atoms with Crippen LogP contribution in [0.5, 0.6) is 11.5 Å². The van der Waals surface area contributed by atoms with Crippen molar-refractivity contribution in [1.82, 2.24) is 20.3 Å². The number of amides is 2. The molecule has 2 heterocycles. The van der Waals surface area contributed by atoms with Gasteiger partial charge in [0, 0.05) is 18.3 Å². The lowest BCUT2D eigenvalue weighted by atomic mass is 10.2. The van der Waals surface area contributed by atoms with Crippen molar-refractivity contribution in [3.05, 3.63) is 53.2 Å². The molecule has 164 valence electrons. The summed E-state index contributed by atoms with van der Waals surface area (Å²) < 4.78 is 17.3. The highest BCUT2D eigenvalue weighted by molar-refractivity contribution is 6.07. The highest BCUT2D eigenvalue weighted by Gasteiger charge is 2.18. The Bertz CT molecular complexity index is 1040. The molecule has 2 aromatic heterocycles. The number of benzene rings is 1. The van der Waals surface area contributed by atoms with Crippen molar-refractivity contribution in [2.24, 2.45) is 0 Å². The molecule has 0 aliphatic rings. The quantitative estimate of drug-likeness (QED) is 0.488. The van der Waals surface area contributed by atoms with Crippen LogP contribution < -0.4 is 19.7 Å². The minimum Gasteiger partial charge on any atom is -0.493 e. The molecule has 3 aromatic rings. The first-order valence-corrected chi connectivity index (χ1v) is 9.60. The Balaban J connectivity index is 1.59. The average Bonchev–Trinajstić information content (AvgIpc) is 3.36. The smallest absolute Gasteiger partial charge is 0.247 e. The third-order valence-corrected chi connectivity index (χ3v) is 4.83. The van der Waals surface area contributed by atoms with E-state index in [1.165, 1.54) is 6.20 Å². The van der Waals surface area contributed by atoms with Crippen molar-refractivity contribution in [2.75, 3.05) is 25.7 Å². The van der Waals surface area contributed by atoms with E-state index in [2.05, 4.69) is 15.6 Å². The van der Waals surface area contributed by atoms with Crippen LogP contribution >= 0.6 is 0 Å². The Kier molecular flexibility index (Phi) is 7.03. The number of hydrogen-bond acceptors (Lipinski definition) is 8. The molecular formula is C21H25N5O5. The van der Waals surface area contributed by atoms with Crippen LogP contribution in [0.1, 0.15) is 22.6 Å². The maximum atomic E-state index is 12.5. The summed E-state index contributed by atoms with van der Waals surface area (Å²) >= 11 is 0. The lowest BCUT2D eigenvalue weighted by Gasteiger charge is -2.14. The molecule has 2 amide bonds. The van der Waals surface area contributed by atoms with E-state index in [4.69, 9.17) is 14.0 Å². The highest BCUT2D eigenvalue weighted by Crippen LogP contribution is 2.27. The number of aryl methyl sites for hydroxylation is 2. The molecule has 0 bridgehead atoms. The highest BCUT2D eigenvalue weighted by atomic mass is 16.5. The molecule has 0 aliphatic carbocycles. The lowest BCUT2D eigenvalue weighted by Crippen LogP contribution is -2.37. The summed E-state index contributed by atoms with van der Waals surface area (Å²) in [7, 11) is 3.13. The number of nitrogens with zero attached hydrogens (tertiary/aromatic N) is 4. The van der Waals surface area contributed by atoms with Gasteiger partial charge in [0.1, 0.15) is 5.76 Å². The van der Waals surface area contributed by atoms with E-state index >= 15 is 0 Å². The summed E-state index contributed by atoms with van der Waals surface area (Å²) in [5.41, 5.74) is 2.99. The Morgan fingerprint density at radius 1 is 1.26 bits per heavy atom. The lowest BCUT2D eigenvalue weighted by molar-refractivity contribution is -0.121. The maximum absolute atomic E-state index is 12.5. The van der Waals surface area contributed by atoms with Gasteiger partial charge in [-0.2, -0.15) is 5.10 Å². The third kappa shape index (κ3) is 5.10. The largest absolute Gasteiger partial charge is 0.493 e. The Morgan fingerprint density at radius 3 is 2.68 bits per heavy atom. The molecule has 0 unspecified atom stereocenters. The molecule has 31 heavy (non-hydrogen) atoms. The minimum absolute atomic E-state index is 0.0257. The fourth-order valence-electron chi connectivity index (χ4n) is 3.11. The van der Waals surface area contributed by atoms with Gasteiger partial charge < -0.3 is 19.3 Å². The Morgan fingerprint density at radius 2 is 2.03 bits per heavy atom. The molecular weight excluding hydrogens is 402 g/mol. The molecule has 1 aromatic carbocycles. The van der Waals surface area contributed by atoms with Crippen LogP contribution in [-0.4, -0.2) is 48.0 Å². The van der Waals surface area contributed by atoms with Gasteiger partial charge in [0.05, 0.1) is 44.9 Å². The number of imide groups is 1. The van der Waals surface area contributed by atoms with E-state index in [1.54, 1.807) is 31.2 Å². The molecule has 0 aliphatic heterocycles. The van der Waals surface area contributed by atoms with Crippen LogP contribution in [-0.2, 0) is 22.7 Å². The van der Waals surface area contributed by atoms with Gasteiger partial charge in [-0.3, -0.25) is 14.3 Å². The van der Waals surface area contributed by atoms with Crippen LogP contribution in [0.25, 0.3) is 0 Å². The summed E-state index contributed by atoms with van der Waals surface area (Å²) in [5, 5.41) is 11.2. The van der Waals surface area contributed by atoms with E-state index in [9.17, 15) is 9.59 Å². The minimum atomic E-state index is -0.396. The van der Waals surface area contributed by atoms with Gasteiger partial charge in [0.15, 0.2) is 11.5 Å². The second-order valence-electron chi connectivity index (χ2n) is 6.86. The summed E-state index contributed by atoms with van der Waals surface area (Å²) in [5.74, 6) is 1.54. The monoisotopic (exact) mass is 427 g/mol. The molecule has 0 saturated heterocycles. The van der Waals surface area contributed by atoms with Crippen LogP contribution in [0, 0.1) is 13.8 Å². The summed E-state index contributed by atoms with van der Waals surface area (Å²) in [6, 6.07) is 5.49. The maximum Gasteiger partial charge on any atom is 0.247 e. The number of nitrogens with one attached hydrogen (secondary N) is 1. The number of aromatic nitrogens is 3. The van der Waals surface area contributed by atoms with E-state index in [-0.39, 0.29) is 6.54 Å². The predicted molar refractivity (Wildman–Crippen MR) is 112 cm³/mol. The number of anilines is 1. The zero-order valence-corrected chi connectivity index (χ0v) is 17.9. The summed E-state index contributed by atoms with van der Waals surface area (Å²) in [6.45, 7) is 4.50. The Hall–Kier alpha value is -3.66. The number of hydrogen-bond donors (Lipinski definition) is 1. The van der Waals surface area contributed by atoms with Crippen LogP contribution in [0.4, 0.5) is 5.69 Å². The van der Waals surface area contributed by atoms with Gasteiger partial charge >= 0.3 is 0 Å². The first-order valence-electron chi connectivity index (χ1n) is 9.60. The van der Waals surface area contributed by atoms with E-state index < -0.39 is 5.91 Å². The fourth-order valence-corrected chi connectivity index (χ4v) is 3.11. The molecule has 3 rings (SSSR count). The van der Waals surface area contributed by atoms with Crippen molar-refractivity contribution in [1.29, 1.82) is 0 Å². The second-order valence-corrected chi connectivity index (χ2v) is 6.86. The molecule has 10 heteroatoms. The second kappa shape index (κ2) is 9.90. The predicted octanol–water partition coefficient (Wildman–Crippen LogP) is 1.83. The van der Waals surface area contributed by atoms with Gasteiger partial charge in [0.25, 0.3) is 0 Å². The fraction of sp³-hybridized carbons (Fsp3) is 0.333. The van der Waals surface area contributed by atoms with E-state index in [1.807, 2.05) is 26.0 Å². The third-order valence-electron chi connectivity index (χ3n) is 4.83.